The Morgan fingerprint density at radius 3 is 2.58 bits per heavy atom. The van der Waals surface area contributed by atoms with Gasteiger partial charge < -0.3 is 19.5 Å². The van der Waals surface area contributed by atoms with Crippen molar-refractivity contribution in [1.82, 2.24) is 0 Å². The highest BCUT2D eigenvalue weighted by atomic mass is 32.1. The van der Waals surface area contributed by atoms with E-state index in [4.69, 9.17) is 9.47 Å². The van der Waals surface area contributed by atoms with Gasteiger partial charge in [-0.15, -0.1) is 11.3 Å². The molecule has 1 unspecified atom stereocenters. The number of aliphatic hydroxyl groups excluding tert-OH is 1. The van der Waals surface area contributed by atoms with Crippen LogP contribution >= 0.6 is 11.3 Å². The standard InChI is InChI=1S/C20H24N2O3S/c1-24-18-5-3-14(12-19(18)25-2)15(13-21)11-17-4-6-20(26-17)22-9-7-16(23)8-10-22/h3-6,12,15-16,23H,7-11H2,1-2H3. The average Bonchev–Trinajstić information content (AvgIpc) is 3.14. The van der Waals surface area contributed by atoms with Crippen LogP contribution in [0.2, 0.25) is 0 Å². The highest BCUT2D eigenvalue weighted by molar-refractivity contribution is 7.16. The molecule has 0 amide bonds. The molecular formula is C20H24N2O3S. The van der Waals surface area contributed by atoms with Gasteiger partial charge >= 0.3 is 0 Å². The Morgan fingerprint density at radius 1 is 1.19 bits per heavy atom. The van der Waals surface area contributed by atoms with Gasteiger partial charge in [-0.3, -0.25) is 0 Å². The van der Waals surface area contributed by atoms with E-state index in [9.17, 15) is 10.4 Å². The SMILES string of the molecule is COc1ccc(C(C#N)Cc2ccc(N3CCC(O)CC3)s2)cc1OC. The molecule has 26 heavy (non-hydrogen) atoms. The molecule has 1 aromatic heterocycles. The minimum atomic E-state index is -0.232. The maximum absolute atomic E-state index is 9.66. The number of hydrogen-bond donors (Lipinski definition) is 1. The number of ether oxygens (including phenoxy) is 2. The Kier molecular flexibility index (Phi) is 6.02. The molecule has 2 aromatic rings. The van der Waals surface area contributed by atoms with Crippen molar-refractivity contribution in [2.75, 3.05) is 32.2 Å². The van der Waals surface area contributed by atoms with Crippen molar-refractivity contribution in [3.8, 4) is 17.6 Å². The average molecular weight is 372 g/mol. The second kappa shape index (κ2) is 8.43. The molecule has 5 nitrogen and oxygen atoms in total. The third-order valence-electron chi connectivity index (χ3n) is 4.79. The number of aliphatic hydroxyl groups is 1. The lowest BCUT2D eigenvalue weighted by Crippen LogP contribution is -2.35. The van der Waals surface area contributed by atoms with Crippen LogP contribution in [0.3, 0.4) is 0 Å². The minimum absolute atomic E-state index is 0.168. The lowest BCUT2D eigenvalue weighted by molar-refractivity contribution is 0.145. The molecule has 0 radical (unpaired) electrons. The highest BCUT2D eigenvalue weighted by Crippen LogP contribution is 2.34. The molecule has 1 saturated heterocycles. The molecule has 0 aliphatic carbocycles. The maximum Gasteiger partial charge on any atom is 0.161 e. The summed E-state index contributed by atoms with van der Waals surface area (Å²) in [6.07, 6.45) is 2.14. The molecule has 6 heteroatoms. The largest absolute Gasteiger partial charge is 0.493 e. The van der Waals surface area contributed by atoms with Gasteiger partial charge in [0.15, 0.2) is 11.5 Å². The summed E-state index contributed by atoms with van der Waals surface area (Å²) >= 11 is 1.73. The van der Waals surface area contributed by atoms with Crippen molar-refractivity contribution >= 4 is 16.3 Å². The third-order valence-corrected chi connectivity index (χ3v) is 5.96. The van der Waals surface area contributed by atoms with Gasteiger partial charge in [0.25, 0.3) is 0 Å². The van der Waals surface area contributed by atoms with Gasteiger partial charge in [0, 0.05) is 24.4 Å². The van der Waals surface area contributed by atoms with E-state index in [1.807, 2.05) is 18.2 Å². The number of piperidine rings is 1. The molecular weight excluding hydrogens is 348 g/mol. The first-order valence-electron chi connectivity index (χ1n) is 8.78. The van der Waals surface area contributed by atoms with Crippen LogP contribution in [0.1, 0.15) is 29.2 Å². The van der Waals surface area contributed by atoms with Crippen molar-refractivity contribution in [3.63, 3.8) is 0 Å². The van der Waals surface area contributed by atoms with E-state index in [0.29, 0.717) is 17.9 Å². The number of rotatable bonds is 6. The van der Waals surface area contributed by atoms with Crippen LogP contribution in [0, 0.1) is 11.3 Å². The summed E-state index contributed by atoms with van der Waals surface area (Å²) in [4.78, 5) is 3.51. The predicted octanol–water partition coefficient (Wildman–Crippen LogP) is 3.58. The van der Waals surface area contributed by atoms with Crippen LogP contribution in [0.4, 0.5) is 5.00 Å². The molecule has 3 rings (SSSR count). The first-order chi connectivity index (χ1) is 12.6. The summed E-state index contributed by atoms with van der Waals surface area (Å²) < 4.78 is 10.6. The zero-order chi connectivity index (χ0) is 18.5. The van der Waals surface area contributed by atoms with Crippen molar-refractivity contribution in [2.45, 2.75) is 31.3 Å². The van der Waals surface area contributed by atoms with E-state index < -0.39 is 0 Å². The van der Waals surface area contributed by atoms with Gasteiger partial charge in [-0.05, 0) is 42.7 Å². The number of benzene rings is 1. The van der Waals surface area contributed by atoms with Gasteiger partial charge in [0.2, 0.25) is 0 Å². The maximum atomic E-state index is 9.66. The number of thiophene rings is 1. The summed E-state index contributed by atoms with van der Waals surface area (Å²) in [6.45, 7) is 1.77. The van der Waals surface area contributed by atoms with Crippen molar-refractivity contribution in [3.05, 3.63) is 40.8 Å². The van der Waals surface area contributed by atoms with E-state index in [1.54, 1.807) is 25.6 Å². The van der Waals surface area contributed by atoms with Gasteiger partial charge in [-0.2, -0.15) is 5.26 Å². The first-order valence-corrected chi connectivity index (χ1v) is 9.59. The molecule has 1 aliphatic heterocycles. The fourth-order valence-corrected chi connectivity index (χ4v) is 4.34. The zero-order valence-electron chi connectivity index (χ0n) is 15.1. The molecule has 1 aliphatic rings. The topological polar surface area (TPSA) is 65.7 Å². The van der Waals surface area contributed by atoms with Crippen LogP contribution in [-0.2, 0) is 6.42 Å². The summed E-state index contributed by atoms with van der Waals surface area (Å²) in [5.41, 5.74) is 0.932. The molecule has 0 bridgehead atoms. The smallest absolute Gasteiger partial charge is 0.161 e. The van der Waals surface area contributed by atoms with E-state index >= 15 is 0 Å². The summed E-state index contributed by atoms with van der Waals surface area (Å²) in [5, 5.41) is 20.5. The number of nitriles is 1. The fourth-order valence-electron chi connectivity index (χ4n) is 3.24. The second-order valence-corrected chi connectivity index (χ2v) is 7.61. The quantitative estimate of drug-likeness (QED) is 0.840. The summed E-state index contributed by atoms with van der Waals surface area (Å²) in [5.74, 6) is 1.08. The van der Waals surface area contributed by atoms with Crippen LogP contribution < -0.4 is 14.4 Å². The highest BCUT2D eigenvalue weighted by Gasteiger charge is 2.20. The molecule has 2 heterocycles. The second-order valence-electron chi connectivity index (χ2n) is 6.46. The van der Waals surface area contributed by atoms with Crippen LogP contribution in [-0.4, -0.2) is 38.5 Å². The molecule has 1 aromatic carbocycles. The monoisotopic (exact) mass is 372 g/mol. The zero-order valence-corrected chi connectivity index (χ0v) is 16.0. The molecule has 0 saturated carbocycles. The summed E-state index contributed by atoms with van der Waals surface area (Å²) in [7, 11) is 3.20. The van der Waals surface area contributed by atoms with Gasteiger partial charge in [-0.25, -0.2) is 0 Å². The van der Waals surface area contributed by atoms with E-state index in [1.165, 1.54) is 9.88 Å². The Labute approximate surface area is 158 Å². The minimum Gasteiger partial charge on any atom is -0.493 e. The number of nitrogens with zero attached hydrogens (tertiary/aromatic N) is 2. The van der Waals surface area contributed by atoms with Crippen molar-refractivity contribution in [1.29, 1.82) is 5.26 Å². The third kappa shape index (κ3) is 4.12. The molecule has 1 N–H and O–H groups in total. The lowest BCUT2D eigenvalue weighted by atomic mass is 9.96. The van der Waals surface area contributed by atoms with Gasteiger partial charge in [-0.1, -0.05) is 6.07 Å². The Hall–Kier alpha value is -2.23. The van der Waals surface area contributed by atoms with Crippen molar-refractivity contribution < 1.29 is 14.6 Å². The first kappa shape index (κ1) is 18.6. The Balaban J connectivity index is 1.72. The van der Waals surface area contributed by atoms with Crippen LogP contribution in [0.25, 0.3) is 0 Å². The molecule has 138 valence electrons. The predicted molar refractivity (Wildman–Crippen MR) is 103 cm³/mol. The number of hydrogen-bond acceptors (Lipinski definition) is 6. The number of anilines is 1. The van der Waals surface area contributed by atoms with Gasteiger partial charge in [0.1, 0.15) is 0 Å². The Morgan fingerprint density at radius 2 is 1.92 bits per heavy atom. The molecule has 1 fully saturated rings. The molecule has 0 spiro atoms. The van der Waals surface area contributed by atoms with Crippen LogP contribution in [0.15, 0.2) is 30.3 Å². The van der Waals surface area contributed by atoms with E-state index in [0.717, 1.165) is 31.5 Å². The lowest BCUT2D eigenvalue weighted by Gasteiger charge is -2.30. The summed E-state index contributed by atoms with van der Waals surface area (Å²) in [6, 6.07) is 12.3. The van der Waals surface area contributed by atoms with Crippen LogP contribution in [0.5, 0.6) is 11.5 Å². The number of methoxy groups -OCH3 is 2. The van der Waals surface area contributed by atoms with Gasteiger partial charge in [0.05, 0.1) is 37.3 Å². The molecule has 1 atom stereocenters. The van der Waals surface area contributed by atoms with E-state index in [2.05, 4.69) is 23.1 Å². The Bertz CT molecular complexity index is 776. The fraction of sp³-hybridized carbons (Fsp3) is 0.450. The van der Waals surface area contributed by atoms with Crippen molar-refractivity contribution in [2.24, 2.45) is 0 Å². The normalized spacial score (nSPS) is 16.2. The van der Waals surface area contributed by atoms with E-state index in [-0.39, 0.29) is 12.0 Å².